The standard InChI is InChI=1S/C17H23N3O3/c1-20-14-11-13(7-8-15(14)23-10-9-16(20)21)19-17(22)18-12-5-3-2-4-6-12/h7-8,11-12H,2-6,9-10H2,1H3,(H2,18,19,22). The first kappa shape index (κ1) is 15.6. The van der Waals surface area contributed by atoms with Crippen LogP contribution in [-0.4, -0.2) is 31.6 Å². The molecule has 6 heteroatoms. The van der Waals surface area contributed by atoms with E-state index in [2.05, 4.69) is 10.6 Å². The molecule has 1 heterocycles. The molecule has 0 aromatic heterocycles. The number of nitrogens with one attached hydrogen (secondary N) is 2. The number of amides is 3. The summed E-state index contributed by atoms with van der Waals surface area (Å²) in [5.74, 6) is 0.671. The van der Waals surface area contributed by atoms with Gasteiger partial charge in [-0.3, -0.25) is 4.79 Å². The Morgan fingerprint density at radius 1 is 1.26 bits per heavy atom. The molecule has 6 nitrogen and oxygen atoms in total. The Labute approximate surface area is 136 Å². The highest BCUT2D eigenvalue weighted by molar-refractivity contribution is 5.97. The zero-order valence-electron chi connectivity index (χ0n) is 13.4. The van der Waals surface area contributed by atoms with Crippen LogP contribution in [0.1, 0.15) is 38.5 Å². The van der Waals surface area contributed by atoms with E-state index in [1.165, 1.54) is 19.3 Å². The van der Waals surface area contributed by atoms with Gasteiger partial charge in [0.15, 0.2) is 0 Å². The van der Waals surface area contributed by atoms with Crippen LogP contribution in [0.2, 0.25) is 0 Å². The van der Waals surface area contributed by atoms with Gasteiger partial charge in [0.2, 0.25) is 5.91 Å². The summed E-state index contributed by atoms with van der Waals surface area (Å²) in [6.07, 6.45) is 6.05. The molecule has 0 spiro atoms. The molecule has 124 valence electrons. The minimum atomic E-state index is -0.194. The summed E-state index contributed by atoms with van der Waals surface area (Å²) in [5.41, 5.74) is 1.34. The van der Waals surface area contributed by atoms with Crippen LogP contribution in [0.5, 0.6) is 5.75 Å². The zero-order chi connectivity index (χ0) is 16.2. The molecular weight excluding hydrogens is 294 g/mol. The summed E-state index contributed by atoms with van der Waals surface area (Å²) in [5, 5.41) is 5.87. The Kier molecular flexibility index (Phi) is 4.69. The van der Waals surface area contributed by atoms with Gasteiger partial charge in [-0.2, -0.15) is 0 Å². The molecule has 1 aromatic carbocycles. The zero-order valence-corrected chi connectivity index (χ0v) is 13.4. The Morgan fingerprint density at radius 2 is 2.04 bits per heavy atom. The minimum absolute atomic E-state index is 0.00700. The van der Waals surface area contributed by atoms with E-state index in [4.69, 9.17) is 4.74 Å². The number of fused-ring (bicyclic) bond motifs is 1. The second kappa shape index (κ2) is 6.89. The van der Waals surface area contributed by atoms with Crippen molar-refractivity contribution in [3.8, 4) is 5.75 Å². The molecule has 1 aliphatic carbocycles. The van der Waals surface area contributed by atoms with E-state index in [0.717, 1.165) is 12.8 Å². The van der Waals surface area contributed by atoms with Crippen molar-refractivity contribution < 1.29 is 14.3 Å². The third kappa shape index (κ3) is 3.75. The van der Waals surface area contributed by atoms with Crippen LogP contribution in [0.15, 0.2) is 18.2 Å². The molecule has 0 bridgehead atoms. The van der Waals surface area contributed by atoms with Gasteiger partial charge >= 0.3 is 6.03 Å². The predicted molar refractivity (Wildman–Crippen MR) is 89.0 cm³/mol. The molecule has 2 aliphatic rings. The van der Waals surface area contributed by atoms with Crippen molar-refractivity contribution in [2.45, 2.75) is 44.6 Å². The van der Waals surface area contributed by atoms with E-state index in [9.17, 15) is 9.59 Å². The van der Waals surface area contributed by atoms with Crippen LogP contribution in [0.25, 0.3) is 0 Å². The molecule has 3 amide bonds. The molecule has 0 saturated heterocycles. The Morgan fingerprint density at radius 3 is 2.83 bits per heavy atom. The lowest BCUT2D eigenvalue weighted by Crippen LogP contribution is -2.39. The summed E-state index contributed by atoms with van der Waals surface area (Å²) in [7, 11) is 1.72. The molecule has 1 fully saturated rings. The van der Waals surface area contributed by atoms with Crippen LogP contribution >= 0.6 is 0 Å². The van der Waals surface area contributed by atoms with Crippen LogP contribution in [0, 0.1) is 0 Å². The van der Waals surface area contributed by atoms with Crippen molar-refractivity contribution in [1.29, 1.82) is 0 Å². The van der Waals surface area contributed by atoms with Crippen molar-refractivity contribution in [2.75, 3.05) is 23.9 Å². The van der Waals surface area contributed by atoms with E-state index >= 15 is 0 Å². The number of carbonyl (C=O) groups is 2. The van der Waals surface area contributed by atoms with Crippen molar-refractivity contribution in [3.63, 3.8) is 0 Å². The quantitative estimate of drug-likeness (QED) is 0.881. The van der Waals surface area contributed by atoms with Crippen molar-refractivity contribution in [3.05, 3.63) is 18.2 Å². The highest BCUT2D eigenvalue weighted by Crippen LogP contribution is 2.33. The number of benzene rings is 1. The first-order valence-corrected chi connectivity index (χ1v) is 8.24. The average Bonchev–Trinajstić information content (AvgIpc) is 2.68. The van der Waals surface area contributed by atoms with Crippen LogP contribution in [0.4, 0.5) is 16.2 Å². The maximum absolute atomic E-state index is 12.1. The predicted octanol–water partition coefficient (Wildman–Crippen LogP) is 2.89. The number of ether oxygens (including phenoxy) is 1. The van der Waals surface area contributed by atoms with Gasteiger partial charge in [0.05, 0.1) is 18.7 Å². The molecule has 0 radical (unpaired) electrons. The number of carbonyl (C=O) groups excluding carboxylic acids is 2. The van der Waals surface area contributed by atoms with Crippen LogP contribution in [0.3, 0.4) is 0 Å². The lowest BCUT2D eigenvalue weighted by atomic mass is 9.96. The SMILES string of the molecule is CN1C(=O)CCOc2ccc(NC(=O)NC3CCCCC3)cc21. The average molecular weight is 317 g/mol. The number of urea groups is 1. The number of rotatable bonds is 2. The van der Waals surface area contributed by atoms with E-state index in [1.54, 1.807) is 30.1 Å². The van der Waals surface area contributed by atoms with Crippen LogP contribution < -0.4 is 20.3 Å². The first-order chi connectivity index (χ1) is 11.1. The fourth-order valence-corrected chi connectivity index (χ4v) is 3.13. The Bertz CT molecular complexity index is 597. The molecule has 1 aromatic rings. The van der Waals surface area contributed by atoms with Gasteiger partial charge in [-0.15, -0.1) is 0 Å². The van der Waals surface area contributed by atoms with Gasteiger partial charge in [-0.25, -0.2) is 4.79 Å². The summed E-state index contributed by atoms with van der Waals surface area (Å²) in [4.78, 5) is 25.6. The molecule has 0 atom stereocenters. The summed E-state index contributed by atoms with van der Waals surface area (Å²) >= 11 is 0. The molecule has 23 heavy (non-hydrogen) atoms. The Hall–Kier alpha value is -2.24. The maximum atomic E-state index is 12.1. The van der Waals surface area contributed by atoms with E-state index < -0.39 is 0 Å². The topological polar surface area (TPSA) is 70.7 Å². The summed E-state index contributed by atoms with van der Waals surface area (Å²) in [6.45, 7) is 0.380. The third-order valence-electron chi connectivity index (χ3n) is 4.47. The smallest absolute Gasteiger partial charge is 0.319 e. The van der Waals surface area contributed by atoms with E-state index in [-0.39, 0.29) is 18.0 Å². The van der Waals surface area contributed by atoms with Gasteiger partial charge in [0.1, 0.15) is 5.75 Å². The number of nitrogens with zero attached hydrogens (tertiary/aromatic N) is 1. The molecule has 0 unspecified atom stereocenters. The molecule has 1 aliphatic heterocycles. The van der Waals surface area contributed by atoms with Crippen LogP contribution in [-0.2, 0) is 4.79 Å². The van der Waals surface area contributed by atoms with Crippen molar-refractivity contribution in [1.82, 2.24) is 5.32 Å². The van der Waals surface area contributed by atoms with Gasteiger partial charge in [0, 0.05) is 18.8 Å². The van der Waals surface area contributed by atoms with Gasteiger partial charge in [-0.1, -0.05) is 19.3 Å². The monoisotopic (exact) mass is 317 g/mol. The summed E-state index contributed by atoms with van der Waals surface area (Å²) in [6, 6.07) is 5.43. The highest BCUT2D eigenvalue weighted by atomic mass is 16.5. The lowest BCUT2D eigenvalue weighted by Gasteiger charge is -2.23. The highest BCUT2D eigenvalue weighted by Gasteiger charge is 2.21. The van der Waals surface area contributed by atoms with E-state index in [1.807, 2.05) is 0 Å². The minimum Gasteiger partial charge on any atom is -0.491 e. The fourth-order valence-electron chi connectivity index (χ4n) is 3.13. The fraction of sp³-hybridized carbons (Fsp3) is 0.529. The molecule has 1 saturated carbocycles. The molecule has 2 N–H and O–H groups in total. The molecular formula is C17H23N3O3. The third-order valence-corrected chi connectivity index (χ3v) is 4.47. The van der Waals surface area contributed by atoms with Gasteiger partial charge in [-0.05, 0) is 31.0 Å². The Balaban J connectivity index is 1.67. The summed E-state index contributed by atoms with van der Waals surface area (Å²) < 4.78 is 5.58. The largest absolute Gasteiger partial charge is 0.491 e. The number of anilines is 2. The second-order valence-electron chi connectivity index (χ2n) is 6.17. The maximum Gasteiger partial charge on any atom is 0.319 e. The number of hydrogen-bond donors (Lipinski definition) is 2. The van der Waals surface area contributed by atoms with Crippen molar-refractivity contribution >= 4 is 23.3 Å². The lowest BCUT2D eigenvalue weighted by molar-refractivity contribution is -0.118. The molecule has 3 rings (SSSR count). The second-order valence-corrected chi connectivity index (χ2v) is 6.17. The van der Waals surface area contributed by atoms with Gasteiger partial charge in [0.25, 0.3) is 0 Å². The van der Waals surface area contributed by atoms with Crippen molar-refractivity contribution in [2.24, 2.45) is 0 Å². The number of hydrogen-bond acceptors (Lipinski definition) is 3. The van der Waals surface area contributed by atoms with Gasteiger partial charge < -0.3 is 20.3 Å². The van der Waals surface area contributed by atoms with E-state index in [0.29, 0.717) is 30.2 Å². The normalized spacial score (nSPS) is 18.7. The first-order valence-electron chi connectivity index (χ1n) is 8.24.